The van der Waals surface area contributed by atoms with Crippen LogP contribution in [-0.2, 0) is 0 Å². The molecule has 1 aromatic carbocycles. The molecule has 2 unspecified atom stereocenters. The number of nitrogens with zero attached hydrogens (tertiary/aromatic N) is 2. The van der Waals surface area contributed by atoms with Crippen LogP contribution in [0.5, 0.6) is 0 Å². The largest absolute Gasteiger partial charge is 0.389 e. The number of hydrogen-bond acceptors (Lipinski definition) is 5. The van der Waals surface area contributed by atoms with Crippen LogP contribution in [0.1, 0.15) is 18.1 Å². The Labute approximate surface area is 107 Å². The Morgan fingerprint density at radius 2 is 2.24 bits per heavy atom. The van der Waals surface area contributed by atoms with Gasteiger partial charge >= 0.3 is 0 Å². The van der Waals surface area contributed by atoms with E-state index in [0.717, 1.165) is 10.2 Å². The zero-order valence-corrected chi connectivity index (χ0v) is 10.2. The number of nitriles is 1. The normalized spacial score (nSPS) is 14.5. The minimum absolute atomic E-state index is 0.108. The van der Waals surface area contributed by atoms with Gasteiger partial charge in [-0.15, -0.1) is 11.3 Å². The Balaban J connectivity index is 2.32. The Hall–Kier alpha value is -1.19. The van der Waals surface area contributed by atoms with Crippen molar-refractivity contribution in [1.82, 2.24) is 4.98 Å². The molecule has 0 aliphatic heterocycles. The van der Waals surface area contributed by atoms with Gasteiger partial charge in [0.15, 0.2) is 4.47 Å². The van der Waals surface area contributed by atoms with Gasteiger partial charge in [0, 0.05) is 0 Å². The van der Waals surface area contributed by atoms with E-state index in [-0.39, 0.29) is 6.42 Å². The van der Waals surface area contributed by atoms with Crippen LogP contribution in [-0.4, -0.2) is 21.3 Å². The average molecular weight is 269 g/mol. The number of benzene rings is 1. The maximum Gasteiger partial charge on any atom is 0.184 e. The Morgan fingerprint density at radius 3 is 2.94 bits per heavy atom. The Morgan fingerprint density at radius 1 is 1.47 bits per heavy atom. The smallest absolute Gasteiger partial charge is 0.184 e. The molecule has 88 valence electrons. The minimum atomic E-state index is -1.08. The number of aliphatic hydroxyl groups excluding tert-OH is 2. The Bertz CT molecular complexity index is 578. The second kappa shape index (κ2) is 4.98. The lowest BCUT2D eigenvalue weighted by molar-refractivity contribution is 0.0217. The van der Waals surface area contributed by atoms with Gasteiger partial charge in [-0.25, -0.2) is 4.98 Å². The molecule has 0 bridgehead atoms. The predicted octanol–water partition coefficient (Wildman–Crippen LogP) is 2.26. The third kappa shape index (κ3) is 2.56. The lowest BCUT2D eigenvalue weighted by Gasteiger charge is -2.15. The first-order valence-electron chi connectivity index (χ1n) is 4.91. The number of rotatable bonds is 3. The number of aromatic nitrogens is 1. The van der Waals surface area contributed by atoms with Crippen molar-refractivity contribution in [3.8, 4) is 6.07 Å². The molecule has 0 radical (unpaired) electrons. The molecular weight excluding hydrogens is 260 g/mol. The summed E-state index contributed by atoms with van der Waals surface area (Å²) in [6, 6.07) is 6.95. The first-order valence-corrected chi connectivity index (χ1v) is 6.10. The van der Waals surface area contributed by atoms with Crippen molar-refractivity contribution in [2.24, 2.45) is 0 Å². The third-order valence-electron chi connectivity index (χ3n) is 2.39. The van der Waals surface area contributed by atoms with E-state index < -0.39 is 12.2 Å². The van der Waals surface area contributed by atoms with Crippen molar-refractivity contribution in [3.05, 3.63) is 28.2 Å². The fourth-order valence-electron chi connectivity index (χ4n) is 1.52. The molecule has 2 rings (SSSR count). The molecular formula is C11H9ClN2O2S. The van der Waals surface area contributed by atoms with Gasteiger partial charge in [0.05, 0.1) is 28.8 Å². The molecule has 2 N–H and O–H groups in total. The summed E-state index contributed by atoms with van der Waals surface area (Å²) in [6.45, 7) is 0. The summed E-state index contributed by atoms with van der Waals surface area (Å²) in [5.41, 5.74) is 1.31. The van der Waals surface area contributed by atoms with Crippen molar-refractivity contribution < 1.29 is 10.2 Å². The van der Waals surface area contributed by atoms with Gasteiger partial charge in [-0.05, 0) is 17.7 Å². The molecule has 1 heterocycles. The summed E-state index contributed by atoms with van der Waals surface area (Å²) < 4.78 is 1.28. The van der Waals surface area contributed by atoms with E-state index in [1.807, 2.05) is 6.07 Å². The van der Waals surface area contributed by atoms with Gasteiger partial charge in [0.1, 0.15) is 6.10 Å². The van der Waals surface area contributed by atoms with Crippen molar-refractivity contribution in [2.75, 3.05) is 0 Å². The average Bonchev–Trinajstić information content (AvgIpc) is 2.67. The second-order valence-corrected chi connectivity index (χ2v) is 5.18. The Kier molecular flexibility index (Phi) is 3.60. The van der Waals surface area contributed by atoms with Gasteiger partial charge in [-0.3, -0.25) is 0 Å². The third-order valence-corrected chi connectivity index (χ3v) is 3.52. The van der Waals surface area contributed by atoms with E-state index in [0.29, 0.717) is 10.0 Å². The monoisotopic (exact) mass is 268 g/mol. The molecule has 2 aromatic rings. The fourth-order valence-corrected chi connectivity index (χ4v) is 2.60. The van der Waals surface area contributed by atoms with Crippen LogP contribution in [0.2, 0.25) is 4.47 Å². The molecule has 2 atom stereocenters. The number of hydrogen-bond donors (Lipinski definition) is 2. The number of aliphatic hydroxyl groups is 2. The summed E-state index contributed by atoms with van der Waals surface area (Å²) in [6.07, 6.45) is -2.26. The quantitative estimate of drug-likeness (QED) is 0.895. The standard InChI is InChI=1S/C11H9ClN2O2S/c12-11-14-7-2-1-6(5-9(7)17-11)10(16)8(15)3-4-13/h1-2,5,8,10,15-16H,3H2. The topological polar surface area (TPSA) is 77.1 Å². The van der Waals surface area contributed by atoms with Crippen molar-refractivity contribution in [1.29, 1.82) is 5.26 Å². The highest BCUT2D eigenvalue weighted by Crippen LogP contribution is 2.29. The van der Waals surface area contributed by atoms with E-state index in [1.54, 1.807) is 18.2 Å². The zero-order chi connectivity index (χ0) is 12.4. The van der Waals surface area contributed by atoms with Gasteiger partial charge in [0.25, 0.3) is 0 Å². The molecule has 0 amide bonds. The van der Waals surface area contributed by atoms with Crippen LogP contribution >= 0.6 is 22.9 Å². The van der Waals surface area contributed by atoms with Crippen LogP contribution in [0.4, 0.5) is 0 Å². The summed E-state index contributed by atoms with van der Waals surface area (Å²) in [5.74, 6) is 0. The van der Waals surface area contributed by atoms with Crippen LogP contribution in [0.3, 0.4) is 0 Å². The van der Waals surface area contributed by atoms with E-state index in [9.17, 15) is 10.2 Å². The predicted molar refractivity (Wildman–Crippen MR) is 65.8 cm³/mol. The number of fused-ring (bicyclic) bond motifs is 1. The number of thiazole rings is 1. The molecule has 1 aromatic heterocycles. The molecule has 17 heavy (non-hydrogen) atoms. The van der Waals surface area contributed by atoms with E-state index >= 15 is 0 Å². The van der Waals surface area contributed by atoms with Crippen molar-refractivity contribution >= 4 is 33.2 Å². The molecule has 0 saturated carbocycles. The minimum Gasteiger partial charge on any atom is -0.389 e. The first-order chi connectivity index (χ1) is 8.11. The summed E-state index contributed by atoms with van der Waals surface area (Å²) >= 11 is 7.09. The van der Waals surface area contributed by atoms with Crippen LogP contribution in [0.15, 0.2) is 18.2 Å². The van der Waals surface area contributed by atoms with Crippen LogP contribution in [0, 0.1) is 11.3 Å². The summed E-state index contributed by atoms with van der Waals surface area (Å²) in [7, 11) is 0. The molecule has 6 heteroatoms. The lowest BCUT2D eigenvalue weighted by Crippen LogP contribution is -2.17. The highest BCUT2D eigenvalue weighted by Gasteiger charge is 2.18. The van der Waals surface area contributed by atoms with Gasteiger partial charge < -0.3 is 10.2 Å². The van der Waals surface area contributed by atoms with Crippen LogP contribution in [0.25, 0.3) is 10.2 Å². The van der Waals surface area contributed by atoms with Crippen LogP contribution < -0.4 is 0 Å². The number of halogens is 1. The SMILES string of the molecule is N#CCC(O)C(O)c1ccc2nc(Cl)sc2c1. The summed E-state index contributed by atoms with van der Waals surface area (Å²) in [5, 5.41) is 27.8. The molecule has 0 saturated heterocycles. The molecule has 0 fully saturated rings. The van der Waals surface area contributed by atoms with E-state index in [4.69, 9.17) is 16.9 Å². The first kappa shape index (κ1) is 12.3. The van der Waals surface area contributed by atoms with Gasteiger partial charge in [-0.2, -0.15) is 5.26 Å². The highest BCUT2D eigenvalue weighted by molar-refractivity contribution is 7.22. The maximum absolute atomic E-state index is 9.84. The lowest BCUT2D eigenvalue weighted by atomic mass is 10.0. The van der Waals surface area contributed by atoms with Gasteiger partial charge in [0.2, 0.25) is 0 Å². The summed E-state index contributed by atoms with van der Waals surface area (Å²) in [4.78, 5) is 4.08. The fraction of sp³-hybridized carbons (Fsp3) is 0.273. The highest BCUT2D eigenvalue weighted by atomic mass is 35.5. The zero-order valence-electron chi connectivity index (χ0n) is 8.67. The maximum atomic E-state index is 9.84. The molecule has 0 spiro atoms. The van der Waals surface area contributed by atoms with Crippen molar-refractivity contribution in [2.45, 2.75) is 18.6 Å². The van der Waals surface area contributed by atoms with E-state index in [2.05, 4.69) is 4.98 Å². The van der Waals surface area contributed by atoms with Crippen molar-refractivity contribution in [3.63, 3.8) is 0 Å². The van der Waals surface area contributed by atoms with E-state index in [1.165, 1.54) is 11.3 Å². The molecule has 4 nitrogen and oxygen atoms in total. The molecule has 0 aliphatic rings. The second-order valence-electron chi connectivity index (χ2n) is 3.57. The van der Waals surface area contributed by atoms with Gasteiger partial charge in [-0.1, -0.05) is 17.7 Å². The molecule has 0 aliphatic carbocycles.